The van der Waals surface area contributed by atoms with Gasteiger partial charge in [0.1, 0.15) is 0 Å². The van der Waals surface area contributed by atoms with Crippen molar-refractivity contribution in [2.75, 3.05) is 6.54 Å². The first-order valence-corrected chi connectivity index (χ1v) is 6.60. The van der Waals surface area contributed by atoms with E-state index >= 15 is 0 Å². The van der Waals surface area contributed by atoms with Crippen LogP contribution < -0.4 is 5.32 Å². The number of nitrogens with one attached hydrogen (secondary N) is 1. The van der Waals surface area contributed by atoms with Gasteiger partial charge >= 0.3 is 0 Å². The molecule has 0 fully saturated rings. The molecule has 1 aromatic carbocycles. The van der Waals surface area contributed by atoms with Crippen LogP contribution in [0.3, 0.4) is 0 Å². The molecule has 18 heavy (non-hydrogen) atoms. The van der Waals surface area contributed by atoms with Crippen molar-refractivity contribution in [3.05, 3.63) is 58.3 Å². The van der Waals surface area contributed by atoms with Gasteiger partial charge in [-0.1, -0.05) is 15.9 Å². The molecule has 0 bridgehead atoms. The molecule has 1 aromatic heterocycles. The number of nitrogens with zero attached hydrogens (tertiary/aromatic N) is 1. The summed E-state index contributed by atoms with van der Waals surface area (Å²) in [6, 6.07) is 9.64. The van der Waals surface area contributed by atoms with Gasteiger partial charge in [0.2, 0.25) is 0 Å². The van der Waals surface area contributed by atoms with Gasteiger partial charge in [-0.15, -0.1) is 0 Å². The molecule has 1 amide bonds. The molecule has 4 heteroatoms. The van der Waals surface area contributed by atoms with E-state index < -0.39 is 0 Å². The molecular weight excluding hydrogens is 292 g/mol. The summed E-state index contributed by atoms with van der Waals surface area (Å²) in [5.41, 5.74) is 1.76. The second-order valence-corrected chi connectivity index (χ2v) is 5.11. The zero-order chi connectivity index (χ0) is 13.0. The van der Waals surface area contributed by atoms with Gasteiger partial charge in [0.05, 0.1) is 0 Å². The Hall–Kier alpha value is -1.55. The quantitative estimate of drug-likeness (QED) is 0.926. The molecule has 0 aliphatic carbocycles. The highest BCUT2D eigenvalue weighted by atomic mass is 79.9. The number of halogens is 1. The van der Waals surface area contributed by atoms with Gasteiger partial charge in [0.15, 0.2) is 0 Å². The topological polar surface area (TPSA) is 34.0 Å². The molecule has 2 aromatic rings. The number of benzene rings is 1. The van der Waals surface area contributed by atoms with E-state index in [0.29, 0.717) is 12.1 Å². The molecule has 94 valence electrons. The summed E-state index contributed by atoms with van der Waals surface area (Å²) in [4.78, 5) is 11.9. The van der Waals surface area contributed by atoms with E-state index in [0.717, 1.165) is 16.6 Å². The van der Waals surface area contributed by atoms with Crippen molar-refractivity contribution >= 4 is 21.8 Å². The van der Waals surface area contributed by atoms with E-state index in [4.69, 9.17) is 0 Å². The van der Waals surface area contributed by atoms with Crippen LogP contribution in [0, 0.1) is 6.92 Å². The van der Waals surface area contributed by atoms with Crippen LogP contribution in [0.2, 0.25) is 0 Å². The van der Waals surface area contributed by atoms with Crippen molar-refractivity contribution < 1.29 is 4.79 Å². The number of amides is 1. The normalized spacial score (nSPS) is 10.3. The lowest BCUT2D eigenvalue weighted by Crippen LogP contribution is -2.27. The monoisotopic (exact) mass is 306 g/mol. The highest BCUT2D eigenvalue weighted by molar-refractivity contribution is 9.10. The second-order valence-electron chi connectivity index (χ2n) is 4.19. The summed E-state index contributed by atoms with van der Waals surface area (Å²) in [5, 5.41) is 2.91. The van der Waals surface area contributed by atoms with Crippen molar-refractivity contribution in [3.63, 3.8) is 0 Å². The Balaban J connectivity index is 1.91. The number of carbonyl (C=O) groups is 1. The third-order valence-corrected chi connectivity index (χ3v) is 3.08. The lowest BCUT2D eigenvalue weighted by atomic mass is 10.1. The summed E-state index contributed by atoms with van der Waals surface area (Å²) in [5.74, 6) is -0.0356. The van der Waals surface area contributed by atoms with Crippen LogP contribution in [0.25, 0.3) is 0 Å². The molecule has 0 radical (unpaired) electrons. The van der Waals surface area contributed by atoms with Crippen LogP contribution in [0.5, 0.6) is 0 Å². The molecule has 0 atom stereocenters. The minimum atomic E-state index is -0.0356. The van der Waals surface area contributed by atoms with Gasteiger partial charge in [-0.3, -0.25) is 4.79 Å². The van der Waals surface area contributed by atoms with E-state index in [1.807, 2.05) is 54.2 Å². The molecule has 1 heterocycles. The standard InChI is InChI=1S/C14H15BrN2O/c1-11-8-12(10-13(15)9-11)14(18)16-4-7-17-5-2-3-6-17/h2-3,5-6,8-10H,4,7H2,1H3,(H,16,18). The van der Waals surface area contributed by atoms with Gasteiger partial charge in [-0.25, -0.2) is 0 Å². The summed E-state index contributed by atoms with van der Waals surface area (Å²) in [7, 11) is 0. The minimum absolute atomic E-state index is 0.0356. The van der Waals surface area contributed by atoms with Gasteiger partial charge < -0.3 is 9.88 Å². The Morgan fingerprint density at radius 1 is 1.28 bits per heavy atom. The molecule has 3 nitrogen and oxygen atoms in total. The van der Waals surface area contributed by atoms with E-state index in [2.05, 4.69) is 21.2 Å². The van der Waals surface area contributed by atoms with Crippen LogP contribution in [-0.2, 0) is 6.54 Å². The molecule has 2 rings (SSSR count). The molecule has 0 saturated heterocycles. The average molecular weight is 307 g/mol. The maximum Gasteiger partial charge on any atom is 0.251 e. The minimum Gasteiger partial charge on any atom is -0.353 e. The molecule has 0 saturated carbocycles. The predicted molar refractivity (Wildman–Crippen MR) is 75.6 cm³/mol. The lowest BCUT2D eigenvalue weighted by molar-refractivity contribution is 0.0952. The third-order valence-electron chi connectivity index (χ3n) is 2.63. The second kappa shape index (κ2) is 5.87. The fourth-order valence-corrected chi connectivity index (χ4v) is 2.39. The number of rotatable bonds is 4. The van der Waals surface area contributed by atoms with Crippen LogP contribution >= 0.6 is 15.9 Å². The summed E-state index contributed by atoms with van der Waals surface area (Å²) >= 11 is 3.40. The predicted octanol–water partition coefficient (Wildman–Crippen LogP) is 2.99. The molecule has 0 aliphatic rings. The highest BCUT2D eigenvalue weighted by Gasteiger charge is 2.06. The Bertz CT molecular complexity index is 514. The van der Waals surface area contributed by atoms with E-state index in [1.165, 1.54) is 0 Å². The molecule has 0 aliphatic heterocycles. The zero-order valence-electron chi connectivity index (χ0n) is 10.2. The van der Waals surface area contributed by atoms with Gasteiger partial charge in [-0.05, 0) is 42.8 Å². The van der Waals surface area contributed by atoms with Crippen LogP contribution in [0.15, 0.2) is 47.2 Å². The SMILES string of the molecule is Cc1cc(Br)cc(C(=O)NCCn2cccc2)c1. The first kappa shape index (κ1) is 12.9. The Morgan fingerprint density at radius 2 is 2.00 bits per heavy atom. The zero-order valence-corrected chi connectivity index (χ0v) is 11.8. The fourth-order valence-electron chi connectivity index (χ4n) is 1.79. The average Bonchev–Trinajstić information content (AvgIpc) is 2.80. The fraction of sp³-hybridized carbons (Fsp3) is 0.214. The van der Waals surface area contributed by atoms with Crippen LogP contribution in [0.1, 0.15) is 15.9 Å². The van der Waals surface area contributed by atoms with Crippen molar-refractivity contribution in [2.24, 2.45) is 0 Å². The summed E-state index contributed by atoms with van der Waals surface area (Å²) in [6.45, 7) is 3.38. The largest absolute Gasteiger partial charge is 0.353 e. The smallest absolute Gasteiger partial charge is 0.251 e. The molecule has 0 unspecified atom stereocenters. The van der Waals surface area contributed by atoms with Crippen molar-refractivity contribution in [3.8, 4) is 0 Å². The van der Waals surface area contributed by atoms with Crippen LogP contribution in [0.4, 0.5) is 0 Å². The first-order chi connectivity index (χ1) is 8.65. The Labute approximate surface area is 115 Å². The van der Waals surface area contributed by atoms with Crippen LogP contribution in [-0.4, -0.2) is 17.0 Å². The lowest BCUT2D eigenvalue weighted by Gasteiger charge is -2.07. The maximum atomic E-state index is 11.9. The van der Waals surface area contributed by atoms with Crippen molar-refractivity contribution in [1.29, 1.82) is 0 Å². The van der Waals surface area contributed by atoms with Crippen molar-refractivity contribution in [2.45, 2.75) is 13.5 Å². The molecular formula is C14H15BrN2O. The third kappa shape index (κ3) is 3.47. The van der Waals surface area contributed by atoms with Gasteiger partial charge in [0, 0.05) is 35.5 Å². The van der Waals surface area contributed by atoms with E-state index in [9.17, 15) is 4.79 Å². The van der Waals surface area contributed by atoms with Gasteiger partial charge in [0.25, 0.3) is 5.91 Å². The van der Waals surface area contributed by atoms with Crippen molar-refractivity contribution in [1.82, 2.24) is 9.88 Å². The molecule has 0 spiro atoms. The van der Waals surface area contributed by atoms with E-state index in [1.54, 1.807) is 0 Å². The summed E-state index contributed by atoms with van der Waals surface area (Å²) < 4.78 is 2.96. The number of carbonyl (C=O) groups excluding carboxylic acids is 1. The number of aromatic nitrogens is 1. The van der Waals surface area contributed by atoms with E-state index in [-0.39, 0.29) is 5.91 Å². The number of hydrogen-bond acceptors (Lipinski definition) is 1. The number of aryl methyl sites for hydroxylation is 1. The first-order valence-electron chi connectivity index (χ1n) is 5.81. The number of hydrogen-bond donors (Lipinski definition) is 1. The van der Waals surface area contributed by atoms with Gasteiger partial charge in [-0.2, -0.15) is 0 Å². The molecule has 1 N–H and O–H groups in total. The summed E-state index contributed by atoms with van der Waals surface area (Å²) in [6.07, 6.45) is 3.96. The maximum absolute atomic E-state index is 11.9. The Kier molecular flexibility index (Phi) is 4.20. The highest BCUT2D eigenvalue weighted by Crippen LogP contribution is 2.15. The Morgan fingerprint density at radius 3 is 2.67 bits per heavy atom.